The van der Waals surface area contributed by atoms with E-state index in [1.165, 1.54) is 41.2 Å². The first-order valence-corrected chi connectivity index (χ1v) is 12.4. The zero-order chi connectivity index (χ0) is 23.3. The maximum Gasteiger partial charge on any atom is 0.280 e. The summed E-state index contributed by atoms with van der Waals surface area (Å²) in [4.78, 5) is 42.0. The van der Waals surface area contributed by atoms with Crippen LogP contribution in [0.2, 0.25) is 0 Å². The van der Waals surface area contributed by atoms with Crippen LogP contribution in [-0.2, 0) is 4.79 Å². The maximum absolute atomic E-state index is 13.9. The average molecular weight is 472 g/mol. The molecular formula is C26H25N5O2S. The van der Waals surface area contributed by atoms with Gasteiger partial charge in [0.25, 0.3) is 5.91 Å². The van der Waals surface area contributed by atoms with Crippen molar-refractivity contribution in [2.75, 3.05) is 4.90 Å². The molecule has 1 aliphatic rings. The third-order valence-electron chi connectivity index (χ3n) is 6.13. The Morgan fingerprint density at radius 3 is 2.62 bits per heavy atom. The molecule has 0 aliphatic heterocycles. The molecule has 3 heterocycles. The lowest BCUT2D eigenvalue weighted by atomic mass is 9.94. The van der Waals surface area contributed by atoms with Crippen LogP contribution in [0.15, 0.2) is 72.6 Å². The molecule has 7 nitrogen and oxygen atoms in total. The largest absolute Gasteiger partial charge is 0.351 e. The van der Waals surface area contributed by atoms with Crippen molar-refractivity contribution >= 4 is 39.1 Å². The molecule has 8 heteroatoms. The van der Waals surface area contributed by atoms with E-state index in [-0.39, 0.29) is 23.6 Å². The summed E-state index contributed by atoms with van der Waals surface area (Å²) >= 11 is 1.40. The van der Waals surface area contributed by atoms with Gasteiger partial charge in [-0.1, -0.05) is 37.5 Å². The lowest BCUT2D eigenvalue weighted by Crippen LogP contribution is -2.47. The number of amides is 2. The van der Waals surface area contributed by atoms with Gasteiger partial charge in [-0.2, -0.15) is 0 Å². The molecule has 1 aromatic carbocycles. The minimum Gasteiger partial charge on any atom is -0.351 e. The van der Waals surface area contributed by atoms with Gasteiger partial charge in [0.2, 0.25) is 5.91 Å². The fourth-order valence-corrected chi connectivity index (χ4v) is 5.22. The van der Waals surface area contributed by atoms with Crippen molar-refractivity contribution in [2.24, 2.45) is 0 Å². The minimum absolute atomic E-state index is 0.106. The molecule has 2 amide bonds. The van der Waals surface area contributed by atoms with E-state index in [9.17, 15) is 9.59 Å². The van der Waals surface area contributed by atoms with Gasteiger partial charge in [-0.05, 0) is 42.5 Å². The molecule has 3 aromatic heterocycles. The van der Waals surface area contributed by atoms with Crippen LogP contribution in [0.25, 0.3) is 10.9 Å². The first-order chi connectivity index (χ1) is 16.7. The summed E-state index contributed by atoms with van der Waals surface area (Å²) in [5, 5.41) is 6.68. The zero-order valence-corrected chi connectivity index (χ0v) is 19.4. The third-order valence-corrected chi connectivity index (χ3v) is 7.00. The van der Waals surface area contributed by atoms with Crippen LogP contribution in [0.4, 0.5) is 5.00 Å². The van der Waals surface area contributed by atoms with Crippen molar-refractivity contribution in [3.05, 3.63) is 83.9 Å². The minimum atomic E-state index is -0.896. The molecule has 0 saturated heterocycles. The number of thiophene rings is 1. The van der Waals surface area contributed by atoms with Gasteiger partial charge >= 0.3 is 0 Å². The lowest BCUT2D eigenvalue weighted by molar-refractivity contribution is -0.123. The number of fused-ring (bicyclic) bond motifs is 1. The summed E-state index contributed by atoms with van der Waals surface area (Å²) in [6.45, 7) is 0. The number of benzene rings is 1. The van der Waals surface area contributed by atoms with Crippen molar-refractivity contribution < 1.29 is 9.59 Å². The van der Waals surface area contributed by atoms with E-state index >= 15 is 0 Å². The van der Waals surface area contributed by atoms with Crippen molar-refractivity contribution in [1.82, 2.24) is 20.3 Å². The second kappa shape index (κ2) is 10.1. The second-order valence-electron chi connectivity index (χ2n) is 8.42. The first kappa shape index (κ1) is 22.2. The molecule has 0 bridgehead atoms. The summed E-state index contributed by atoms with van der Waals surface area (Å²) in [7, 11) is 0. The summed E-state index contributed by atoms with van der Waals surface area (Å²) < 4.78 is 0. The Morgan fingerprint density at radius 1 is 1.00 bits per heavy atom. The van der Waals surface area contributed by atoms with Crippen LogP contribution in [0.1, 0.15) is 54.2 Å². The van der Waals surface area contributed by atoms with E-state index in [0.717, 1.165) is 36.6 Å². The van der Waals surface area contributed by atoms with Gasteiger partial charge in [0.15, 0.2) is 0 Å². The van der Waals surface area contributed by atoms with E-state index < -0.39 is 6.04 Å². The normalized spacial score (nSPS) is 15.1. The molecule has 4 aromatic rings. The highest BCUT2D eigenvalue weighted by Gasteiger charge is 2.36. The van der Waals surface area contributed by atoms with E-state index in [0.29, 0.717) is 10.6 Å². The van der Waals surface area contributed by atoms with E-state index in [2.05, 4.69) is 20.3 Å². The smallest absolute Gasteiger partial charge is 0.280 e. The molecule has 0 spiro atoms. The van der Waals surface area contributed by atoms with Crippen molar-refractivity contribution in [3.63, 3.8) is 0 Å². The molecular weight excluding hydrogens is 446 g/mol. The number of nitrogens with zero attached hydrogens (tertiary/aromatic N) is 4. The summed E-state index contributed by atoms with van der Waals surface area (Å²) in [5.41, 5.74) is 1.67. The molecule has 0 radical (unpaired) electrons. The van der Waals surface area contributed by atoms with Crippen molar-refractivity contribution in [2.45, 2.75) is 44.2 Å². The standard InChI is InChI=1S/C26H25N5O2S/c32-25(30-20-8-2-1-3-9-20)24(19-15-18-7-4-5-10-21(18)29-16-19)31(23-11-6-14-34-23)26(33)22-17-27-12-13-28-22/h4-7,10-17,20,24H,1-3,8-9H2,(H,30,32)/t24-/m0/s1. The van der Waals surface area contributed by atoms with Crippen LogP contribution in [0.3, 0.4) is 0 Å². The lowest BCUT2D eigenvalue weighted by Gasteiger charge is -2.32. The highest BCUT2D eigenvalue weighted by Crippen LogP contribution is 2.34. The Kier molecular flexibility index (Phi) is 6.58. The predicted molar refractivity (Wildman–Crippen MR) is 133 cm³/mol. The number of hydrogen-bond acceptors (Lipinski definition) is 6. The summed E-state index contributed by atoms with van der Waals surface area (Å²) in [5.74, 6) is -0.595. The van der Waals surface area contributed by atoms with Gasteiger partial charge in [0, 0.05) is 35.6 Å². The monoisotopic (exact) mass is 471 g/mol. The molecule has 34 heavy (non-hydrogen) atoms. The molecule has 1 atom stereocenters. The van der Waals surface area contributed by atoms with E-state index in [1.807, 2.05) is 47.8 Å². The topological polar surface area (TPSA) is 88.1 Å². The quantitative estimate of drug-likeness (QED) is 0.431. The van der Waals surface area contributed by atoms with Crippen LogP contribution < -0.4 is 10.2 Å². The Balaban J connectivity index is 1.60. The molecule has 5 rings (SSSR count). The van der Waals surface area contributed by atoms with Crippen molar-refractivity contribution in [3.8, 4) is 0 Å². The van der Waals surface area contributed by atoms with E-state index in [1.54, 1.807) is 6.20 Å². The number of rotatable bonds is 6. The second-order valence-corrected chi connectivity index (χ2v) is 9.35. The molecule has 1 N–H and O–H groups in total. The van der Waals surface area contributed by atoms with Crippen LogP contribution in [0, 0.1) is 0 Å². The average Bonchev–Trinajstić information content (AvgIpc) is 3.42. The molecule has 172 valence electrons. The maximum atomic E-state index is 13.9. The number of aromatic nitrogens is 3. The Labute approximate surface area is 201 Å². The van der Waals surface area contributed by atoms with E-state index in [4.69, 9.17) is 0 Å². The first-order valence-electron chi connectivity index (χ1n) is 11.5. The van der Waals surface area contributed by atoms with Gasteiger partial charge in [-0.25, -0.2) is 4.98 Å². The number of anilines is 1. The number of carbonyl (C=O) groups is 2. The summed E-state index contributed by atoms with van der Waals surface area (Å²) in [6, 6.07) is 12.6. The Hall–Kier alpha value is -3.65. The SMILES string of the molecule is O=C(NC1CCCCC1)[C@H](c1cnc2ccccc2c1)N(C(=O)c1cnccn1)c1cccs1. The molecule has 1 saturated carbocycles. The zero-order valence-electron chi connectivity index (χ0n) is 18.6. The highest BCUT2D eigenvalue weighted by molar-refractivity contribution is 7.14. The van der Waals surface area contributed by atoms with Gasteiger partial charge in [-0.15, -0.1) is 11.3 Å². The Morgan fingerprint density at radius 2 is 1.85 bits per heavy atom. The predicted octanol–water partition coefficient (Wildman–Crippen LogP) is 4.92. The molecule has 0 unspecified atom stereocenters. The van der Waals surface area contributed by atoms with Gasteiger partial charge in [0.1, 0.15) is 11.7 Å². The highest BCUT2D eigenvalue weighted by atomic mass is 32.1. The van der Waals surface area contributed by atoms with Crippen LogP contribution >= 0.6 is 11.3 Å². The van der Waals surface area contributed by atoms with Gasteiger partial charge in [0.05, 0.1) is 16.7 Å². The number of hydrogen-bond donors (Lipinski definition) is 1. The fraction of sp³-hybridized carbons (Fsp3) is 0.269. The Bertz CT molecular complexity index is 1270. The van der Waals surface area contributed by atoms with Crippen molar-refractivity contribution in [1.29, 1.82) is 0 Å². The molecule has 1 aliphatic carbocycles. The number of pyridine rings is 1. The fourth-order valence-electron chi connectivity index (χ4n) is 4.47. The number of para-hydroxylation sites is 1. The number of carbonyl (C=O) groups excluding carboxylic acids is 2. The van der Waals surface area contributed by atoms with Gasteiger partial charge < -0.3 is 5.32 Å². The number of nitrogens with one attached hydrogen (secondary N) is 1. The molecule has 1 fully saturated rings. The van der Waals surface area contributed by atoms with Crippen LogP contribution in [0.5, 0.6) is 0 Å². The van der Waals surface area contributed by atoms with Gasteiger partial charge in [-0.3, -0.25) is 24.5 Å². The third kappa shape index (κ3) is 4.68. The van der Waals surface area contributed by atoms with Crippen LogP contribution in [-0.4, -0.2) is 32.8 Å². The summed E-state index contributed by atoms with van der Waals surface area (Å²) in [6.07, 6.45) is 11.4.